The van der Waals surface area contributed by atoms with Gasteiger partial charge in [0.15, 0.2) is 0 Å². The van der Waals surface area contributed by atoms with Crippen molar-refractivity contribution in [3.05, 3.63) is 0 Å². The van der Waals surface area contributed by atoms with Gasteiger partial charge in [-0.05, 0) is 44.8 Å². The summed E-state index contributed by atoms with van der Waals surface area (Å²) in [5.74, 6) is 0.968. The molecular weight excluding hydrogens is 219 g/mol. The number of rotatable bonds is 1. The van der Waals surface area contributed by atoms with E-state index in [0.29, 0.717) is 0 Å². The van der Waals surface area contributed by atoms with Crippen LogP contribution >= 0.6 is 24.8 Å². The van der Waals surface area contributed by atoms with Gasteiger partial charge in [-0.25, -0.2) is 0 Å². The summed E-state index contributed by atoms with van der Waals surface area (Å²) in [5.41, 5.74) is 0. The molecule has 1 N–H and O–H groups in total. The first-order valence-electron chi connectivity index (χ1n) is 5.31. The fourth-order valence-corrected chi connectivity index (χ4v) is 2.34. The van der Waals surface area contributed by atoms with Gasteiger partial charge in [0.05, 0.1) is 0 Å². The Labute approximate surface area is 99.6 Å². The highest BCUT2D eigenvalue weighted by molar-refractivity contribution is 5.85. The summed E-state index contributed by atoms with van der Waals surface area (Å²) in [6, 6.07) is 0.859. The molecule has 0 spiro atoms. The molecule has 2 heterocycles. The van der Waals surface area contributed by atoms with Crippen molar-refractivity contribution in [1.29, 1.82) is 0 Å². The molecule has 0 radical (unpaired) electrons. The first kappa shape index (κ1) is 14.5. The third-order valence-electron chi connectivity index (χ3n) is 3.37. The Kier molecular flexibility index (Phi) is 7.13. The van der Waals surface area contributed by atoms with Crippen molar-refractivity contribution >= 4 is 24.8 Å². The molecule has 4 heteroatoms. The Morgan fingerprint density at radius 2 is 1.71 bits per heavy atom. The van der Waals surface area contributed by atoms with Gasteiger partial charge < -0.3 is 5.32 Å². The van der Waals surface area contributed by atoms with Gasteiger partial charge in [-0.1, -0.05) is 6.92 Å². The second kappa shape index (κ2) is 6.89. The molecule has 2 saturated heterocycles. The molecule has 86 valence electrons. The Bertz CT molecular complexity index is 141. The summed E-state index contributed by atoms with van der Waals surface area (Å²) in [7, 11) is 0. The van der Waals surface area contributed by atoms with Crippen LogP contribution in [0.4, 0.5) is 0 Å². The number of piperidine rings is 1. The summed E-state index contributed by atoms with van der Waals surface area (Å²) >= 11 is 0. The second-order valence-electron chi connectivity index (χ2n) is 4.37. The van der Waals surface area contributed by atoms with E-state index in [2.05, 4.69) is 17.1 Å². The van der Waals surface area contributed by atoms with Gasteiger partial charge in [0.2, 0.25) is 0 Å². The average Bonchev–Trinajstić information content (AvgIpc) is 2.58. The van der Waals surface area contributed by atoms with Crippen molar-refractivity contribution < 1.29 is 0 Å². The van der Waals surface area contributed by atoms with E-state index >= 15 is 0 Å². The molecule has 0 aliphatic carbocycles. The Morgan fingerprint density at radius 3 is 2.21 bits per heavy atom. The van der Waals surface area contributed by atoms with Gasteiger partial charge in [-0.15, -0.1) is 24.8 Å². The highest BCUT2D eigenvalue weighted by Gasteiger charge is 2.25. The van der Waals surface area contributed by atoms with Crippen molar-refractivity contribution in [3.8, 4) is 0 Å². The monoisotopic (exact) mass is 240 g/mol. The standard InChI is InChI=1S/C10H20N2.2ClH/c1-9-3-6-12(7-4-9)10-2-5-11-8-10;;/h9-11H,2-8H2,1H3;2*1H/t10-;;/m1../s1. The molecule has 2 aliphatic heterocycles. The van der Waals surface area contributed by atoms with E-state index < -0.39 is 0 Å². The summed E-state index contributed by atoms with van der Waals surface area (Å²) in [6.07, 6.45) is 4.20. The average molecular weight is 241 g/mol. The Balaban J connectivity index is 0.000000845. The molecule has 2 aliphatic rings. The van der Waals surface area contributed by atoms with Gasteiger partial charge in [-0.3, -0.25) is 4.90 Å². The lowest BCUT2D eigenvalue weighted by atomic mass is 9.98. The normalized spacial score (nSPS) is 29.4. The molecule has 0 aromatic carbocycles. The topological polar surface area (TPSA) is 15.3 Å². The molecule has 0 aromatic heterocycles. The van der Waals surface area contributed by atoms with E-state index in [0.717, 1.165) is 12.0 Å². The second-order valence-corrected chi connectivity index (χ2v) is 4.37. The molecule has 0 bridgehead atoms. The van der Waals surface area contributed by atoms with Crippen molar-refractivity contribution in [2.75, 3.05) is 26.2 Å². The van der Waals surface area contributed by atoms with Gasteiger partial charge >= 0.3 is 0 Å². The molecule has 2 fully saturated rings. The van der Waals surface area contributed by atoms with Crippen LogP contribution in [0.5, 0.6) is 0 Å². The van der Waals surface area contributed by atoms with E-state index in [1.54, 1.807) is 0 Å². The lowest BCUT2D eigenvalue weighted by Crippen LogP contribution is -2.42. The first-order chi connectivity index (χ1) is 5.86. The molecule has 1 atom stereocenters. The molecule has 0 unspecified atom stereocenters. The number of likely N-dealkylation sites (tertiary alicyclic amines) is 1. The molecular formula is C10H22Cl2N2. The minimum Gasteiger partial charge on any atom is -0.315 e. The van der Waals surface area contributed by atoms with Gasteiger partial charge in [0.1, 0.15) is 0 Å². The predicted octanol–water partition coefficient (Wildman–Crippen LogP) is 1.92. The number of hydrogen-bond donors (Lipinski definition) is 1. The van der Waals surface area contributed by atoms with Crippen LogP contribution in [0.15, 0.2) is 0 Å². The van der Waals surface area contributed by atoms with Crippen LogP contribution in [0, 0.1) is 5.92 Å². The largest absolute Gasteiger partial charge is 0.315 e. The van der Waals surface area contributed by atoms with Crippen LogP contribution in [-0.4, -0.2) is 37.1 Å². The first-order valence-corrected chi connectivity index (χ1v) is 5.31. The van der Waals surface area contributed by atoms with Crippen molar-refractivity contribution in [3.63, 3.8) is 0 Å². The smallest absolute Gasteiger partial charge is 0.0232 e. The Morgan fingerprint density at radius 1 is 1.07 bits per heavy atom. The minimum absolute atomic E-state index is 0. The van der Waals surface area contributed by atoms with Crippen LogP contribution in [0.2, 0.25) is 0 Å². The lowest BCUT2D eigenvalue weighted by molar-refractivity contribution is 0.146. The van der Waals surface area contributed by atoms with Gasteiger partial charge in [-0.2, -0.15) is 0 Å². The van der Waals surface area contributed by atoms with Crippen LogP contribution < -0.4 is 5.32 Å². The quantitative estimate of drug-likeness (QED) is 0.754. The highest BCUT2D eigenvalue weighted by Crippen LogP contribution is 2.20. The zero-order valence-corrected chi connectivity index (χ0v) is 10.5. The Hall–Kier alpha value is 0.500. The zero-order chi connectivity index (χ0) is 8.39. The van der Waals surface area contributed by atoms with Crippen molar-refractivity contribution in [1.82, 2.24) is 10.2 Å². The van der Waals surface area contributed by atoms with Crippen LogP contribution in [0.1, 0.15) is 26.2 Å². The summed E-state index contributed by atoms with van der Waals surface area (Å²) < 4.78 is 0. The maximum atomic E-state index is 3.44. The van der Waals surface area contributed by atoms with E-state index in [-0.39, 0.29) is 24.8 Å². The summed E-state index contributed by atoms with van der Waals surface area (Å²) in [4.78, 5) is 2.68. The lowest BCUT2D eigenvalue weighted by Gasteiger charge is -2.34. The molecule has 14 heavy (non-hydrogen) atoms. The molecule has 0 aromatic rings. The van der Waals surface area contributed by atoms with E-state index in [1.807, 2.05) is 0 Å². The van der Waals surface area contributed by atoms with Gasteiger partial charge in [0, 0.05) is 12.6 Å². The molecule has 2 nitrogen and oxygen atoms in total. The van der Waals surface area contributed by atoms with Crippen molar-refractivity contribution in [2.24, 2.45) is 5.92 Å². The fourth-order valence-electron chi connectivity index (χ4n) is 2.34. The van der Waals surface area contributed by atoms with E-state index in [9.17, 15) is 0 Å². The summed E-state index contributed by atoms with van der Waals surface area (Å²) in [6.45, 7) is 7.52. The summed E-state index contributed by atoms with van der Waals surface area (Å²) in [5, 5.41) is 3.44. The number of nitrogens with zero attached hydrogens (tertiary/aromatic N) is 1. The maximum absolute atomic E-state index is 3.44. The highest BCUT2D eigenvalue weighted by atomic mass is 35.5. The zero-order valence-electron chi connectivity index (χ0n) is 8.87. The third-order valence-corrected chi connectivity index (χ3v) is 3.37. The van der Waals surface area contributed by atoms with Crippen LogP contribution in [0.3, 0.4) is 0 Å². The van der Waals surface area contributed by atoms with Crippen LogP contribution in [0.25, 0.3) is 0 Å². The molecule has 0 saturated carbocycles. The van der Waals surface area contributed by atoms with Gasteiger partial charge in [0.25, 0.3) is 0 Å². The van der Waals surface area contributed by atoms with E-state index in [4.69, 9.17) is 0 Å². The van der Waals surface area contributed by atoms with E-state index in [1.165, 1.54) is 45.4 Å². The van der Waals surface area contributed by atoms with Crippen LogP contribution in [-0.2, 0) is 0 Å². The van der Waals surface area contributed by atoms with Crippen molar-refractivity contribution in [2.45, 2.75) is 32.2 Å². The maximum Gasteiger partial charge on any atom is 0.0232 e. The fraction of sp³-hybridized carbons (Fsp3) is 1.00. The number of halogens is 2. The molecule has 2 rings (SSSR count). The number of nitrogens with one attached hydrogen (secondary N) is 1. The number of hydrogen-bond acceptors (Lipinski definition) is 2. The minimum atomic E-state index is 0. The predicted molar refractivity (Wildman–Crippen MR) is 65.7 cm³/mol. The SMILES string of the molecule is CC1CCN([C@@H]2CCNC2)CC1.Cl.Cl. The molecule has 0 amide bonds. The third kappa shape index (κ3) is 3.58.